The van der Waals surface area contributed by atoms with Crippen molar-refractivity contribution in [2.24, 2.45) is 0 Å². The lowest BCUT2D eigenvalue weighted by Gasteiger charge is -2.14. The van der Waals surface area contributed by atoms with Crippen molar-refractivity contribution in [3.63, 3.8) is 0 Å². The third-order valence-corrected chi connectivity index (χ3v) is 2.75. The maximum atomic E-state index is 10.8. The van der Waals surface area contributed by atoms with Gasteiger partial charge in [-0.1, -0.05) is 17.7 Å². The summed E-state index contributed by atoms with van der Waals surface area (Å²) in [5.74, 6) is -0.0503. The fraction of sp³-hybridized carbons (Fsp3) is 0.462. The number of carboxylic acids is 1. The number of methoxy groups -OCH3 is 1. The molecule has 5 heteroatoms. The van der Waals surface area contributed by atoms with Gasteiger partial charge in [0.1, 0.15) is 11.8 Å². The molecule has 18 heavy (non-hydrogen) atoms. The van der Waals surface area contributed by atoms with Crippen molar-refractivity contribution in [1.82, 2.24) is 10.6 Å². The number of hydrogen-bond acceptors (Lipinski definition) is 4. The van der Waals surface area contributed by atoms with E-state index in [9.17, 15) is 4.79 Å². The van der Waals surface area contributed by atoms with Gasteiger partial charge >= 0.3 is 5.97 Å². The number of nitrogens with one attached hydrogen (secondary N) is 2. The Labute approximate surface area is 107 Å². The Kier molecular flexibility index (Phi) is 5.61. The molecule has 1 unspecified atom stereocenters. The molecule has 1 rings (SSSR count). The van der Waals surface area contributed by atoms with E-state index < -0.39 is 12.0 Å². The van der Waals surface area contributed by atoms with Crippen LogP contribution in [-0.4, -0.2) is 37.8 Å². The number of ether oxygens (including phenoxy) is 1. The number of hydrogen-bond donors (Lipinski definition) is 3. The van der Waals surface area contributed by atoms with Crippen LogP contribution < -0.4 is 15.4 Å². The summed E-state index contributed by atoms with van der Waals surface area (Å²) in [5.41, 5.74) is 2.17. The molecule has 0 saturated carbocycles. The maximum Gasteiger partial charge on any atom is 0.322 e. The Morgan fingerprint density at radius 2 is 2.22 bits per heavy atom. The Morgan fingerprint density at radius 1 is 1.50 bits per heavy atom. The third-order valence-electron chi connectivity index (χ3n) is 2.75. The van der Waals surface area contributed by atoms with Crippen LogP contribution in [0, 0.1) is 6.92 Å². The lowest BCUT2D eigenvalue weighted by atomic mass is 10.1. The first-order valence-corrected chi connectivity index (χ1v) is 5.82. The summed E-state index contributed by atoms with van der Waals surface area (Å²) in [6, 6.07) is 5.34. The number of carboxylic acid groups (broad SMARTS) is 1. The molecule has 0 radical (unpaired) electrons. The number of benzene rings is 1. The second-order valence-electron chi connectivity index (χ2n) is 4.13. The fourth-order valence-corrected chi connectivity index (χ4v) is 1.71. The van der Waals surface area contributed by atoms with Crippen LogP contribution in [0.25, 0.3) is 0 Å². The summed E-state index contributed by atoms with van der Waals surface area (Å²) in [6.07, 6.45) is 0. The Balaban J connectivity index is 2.57. The standard InChI is InChI=1S/C13H20N2O3/c1-9-4-5-12(18-3)10(6-9)7-15-8-11(14-2)13(16)17/h4-6,11,14-15H,7-8H2,1-3H3,(H,16,17). The van der Waals surface area contributed by atoms with Crippen molar-refractivity contribution < 1.29 is 14.6 Å². The molecule has 0 fully saturated rings. The molecule has 0 saturated heterocycles. The highest BCUT2D eigenvalue weighted by Gasteiger charge is 2.14. The molecule has 1 aromatic carbocycles. The summed E-state index contributed by atoms with van der Waals surface area (Å²) in [7, 11) is 3.26. The van der Waals surface area contributed by atoms with Crippen LogP contribution in [0.2, 0.25) is 0 Å². The number of likely N-dealkylation sites (N-methyl/N-ethyl adjacent to an activating group) is 1. The van der Waals surface area contributed by atoms with E-state index in [0.717, 1.165) is 16.9 Å². The van der Waals surface area contributed by atoms with E-state index in [1.807, 2.05) is 25.1 Å². The highest BCUT2D eigenvalue weighted by molar-refractivity contribution is 5.73. The van der Waals surface area contributed by atoms with Crippen LogP contribution in [0.15, 0.2) is 18.2 Å². The van der Waals surface area contributed by atoms with Crippen LogP contribution in [0.3, 0.4) is 0 Å². The van der Waals surface area contributed by atoms with Crippen LogP contribution in [-0.2, 0) is 11.3 Å². The van der Waals surface area contributed by atoms with E-state index >= 15 is 0 Å². The van der Waals surface area contributed by atoms with E-state index in [0.29, 0.717) is 13.1 Å². The van der Waals surface area contributed by atoms with E-state index in [1.54, 1.807) is 14.2 Å². The molecule has 1 atom stereocenters. The SMILES string of the molecule is CNC(CNCc1cc(C)ccc1OC)C(=O)O. The highest BCUT2D eigenvalue weighted by atomic mass is 16.5. The average Bonchev–Trinajstić information content (AvgIpc) is 2.34. The van der Waals surface area contributed by atoms with Crippen molar-refractivity contribution in [1.29, 1.82) is 0 Å². The van der Waals surface area contributed by atoms with Gasteiger partial charge in [0.25, 0.3) is 0 Å². The van der Waals surface area contributed by atoms with Gasteiger partial charge in [0.15, 0.2) is 0 Å². The molecular weight excluding hydrogens is 232 g/mol. The Hall–Kier alpha value is -1.59. The number of carbonyl (C=O) groups is 1. The number of aryl methyl sites for hydroxylation is 1. The number of aliphatic carboxylic acids is 1. The molecule has 1 aromatic rings. The van der Waals surface area contributed by atoms with Gasteiger partial charge in [-0.25, -0.2) is 0 Å². The molecule has 0 amide bonds. The van der Waals surface area contributed by atoms with Crippen molar-refractivity contribution in [2.75, 3.05) is 20.7 Å². The predicted octanol–water partition coefficient (Wildman–Crippen LogP) is 0.766. The Bertz CT molecular complexity index is 407. The molecule has 0 heterocycles. The molecule has 100 valence electrons. The fourth-order valence-electron chi connectivity index (χ4n) is 1.71. The molecule has 3 N–H and O–H groups in total. The minimum absolute atomic E-state index is 0.364. The molecule has 0 aliphatic rings. The van der Waals surface area contributed by atoms with Crippen molar-refractivity contribution in [2.45, 2.75) is 19.5 Å². The largest absolute Gasteiger partial charge is 0.496 e. The van der Waals surface area contributed by atoms with Crippen LogP contribution >= 0.6 is 0 Å². The van der Waals surface area contributed by atoms with Crippen LogP contribution in [0.4, 0.5) is 0 Å². The molecule has 0 aliphatic carbocycles. The molecule has 0 bridgehead atoms. The molecule has 0 aromatic heterocycles. The molecular formula is C13H20N2O3. The topological polar surface area (TPSA) is 70.6 Å². The van der Waals surface area contributed by atoms with Gasteiger partial charge < -0.3 is 20.5 Å². The summed E-state index contributed by atoms with van der Waals surface area (Å²) in [5, 5.41) is 14.7. The minimum Gasteiger partial charge on any atom is -0.496 e. The van der Waals surface area contributed by atoms with Gasteiger partial charge in [-0.05, 0) is 20.0 Å². The molecule has 5 nitrogen and oxygen atoms in total. The van der Waals surface area contributed by atoms with E-state index in [1.165, 1.54) is 0 Å². The quantitative estimate of drug-likeness (QED) is 0.668. The first-order chi connectivity index (χ1) is 8.58. The summed E-state index contributed by atoms with van der Waals surface area (Å²) >= 11 is 0. The second-order valence-corrected chi connectivity index (χ2v) is 4.13. The second kappa shape index (κ2) is 6.98. The van der Waals surface area contributed by atoms with E-state index in [-0.39, 0.29) is 0 Å². The zero-order valence-corrected chi connectivity index (χ0v) is 11.0. The summed E-state index contributed by atoms with van der Waals surface area (Å²) in [4.78, 5) is 10.8. The molecule has 0 spiro atoms. The smallest absolute Gasteiger partial charge is 0.322 e. The summed E-state index contributed by atoms with van der Waals surface area (Å²) in [6.45, 7) is 2.95. The Morgan fingerprint density at radius 3 is 2.78 bits per heavy atom. The lowest BCUT2D eigenvalue weighted by Crippen LogP contribution is -2.42. The zero-order valence-electron chi connectivity index (χ0n) is 11.0. The van der Waals surface area contributed by atoms with Gasteiger partial charge in [0, 0.05) is 18.7 Å². The first kappa shape index (κ1) is 14.5. The van der Waals surface area contributed by atoms with Crippen LogP contribution in [0.1, 0.15) is 11.1 Å². The van der Waals surface area contributed by atoms with Gasteiger partial charge in [0.2, 0.25) is 0 Å². The zero-order chi connectivity index (χ0) is 13.5. The van der Waals surface area contributed by atoms with Crippen molar-refractivity contribution in [3.8, 4) is 5.75 Å². The van der Waals surface area contributed by atoms with Gasteiger partial charge in [-0.15, -0.1) is 0 Å². The monoisotopic (exact) mass is 252 g/mol. The van der Waals surface area contributed by atoms with Crippen molar-refractivity contribution >= 4 is 5.97 Å². The normalized spacial score (nSPS) is 12.2. The minimum atomic E-state index is -0.860. The van der Waals surface area contributed by atoms with E-state index in [4.69, 9.17) is 9.84 Å². The number of rotatable bonds is 7. The van der Waals surface area contributed by atoms with Gasteiger partial charge in [-0.2, -0.15) is 0 Å². The van der Waals surface area contributed by atoms with Crippen LogP contribution in [0.5, 0.6) is 5.75 Å². The van der Waals surface area contributed by atoms with Gasteiger partial charge in [-0.3, -0.25) is 4.79 Å². The van der Waals surface area contributed by atoms with Crippen molar-refractivity contribution in [3.05, 3.63) is 29.3 Å². The maximum absolute atomic E-state index is 10.8. The highest BCUT2D eigenvalue weighted by Crippen LogP contribution is 2.19. The van der Waals surface area contributed by atoms with Gasteiger partial charge in [0.05, 0.1) is 7.11 Å². The van der Waals surface area contributed by atoms with E-state index in [2.05, 4.69) is 10.6 Å². The molecule has 0 aliphatic heterocycles. The average molecular weight is 252 g/mol. The first-order valence-electron chi connectivity index (χ1n) is 5.82. The summed E-state index contributed by atoms with van der Waals surface area (Å²) < 4.78 is 5.26. The predicted molar refractivity (Wildman–Crippen MR) is 69.9 cm³/mol. The lowest BCUT2D eigenvalue weighted by molar-refractivity contribution is -0.139. The third kappa shape index (κ3) is 4.01.